The molecule has 3 amide bonds. The van der Waals surface area contributed by atoms with Crippen molar-refractivity contribution in [3.8, 4) is 0 Å². The van der Waals surface area contributed by atoms with Crippen molar-refractivity contribution in [2.45, 2.75) is 18.9 Å². The van der Waals surface area contributed by atoms with Crippen LogP contribution in [0.3, 0.4) is 0 Å². The summed E-state index contributed by atoms with van der Waals surface area (Å²) in [5.74, 6) is -0.350. The van der Waals surface area contributed by atoms with Gasteiger partial charge in [-0.05, 0) is 19.4 Å². The molecule has 2 aromatic heterocycles. The van der Waals surface area contributed by atoms with E-state index in [-0.39, 0.29) is 5.75 Å². The monoisotopic (exact) mass is 296 g/mol. The number of nitrogens with one attached hydrogen (secondary N) is 1. The lowest BCUT2D eigenvalue weighted by Gasteiger charge is -2.03. The highest BCUT2D eigenvalue weighted by molar-refractivity contribution is 8.00. The van der Waals surface area contributed by atoms with Crippen molar-refractivity contribution >= 4 is 45.3 Å². The molecule has 8 heteroatoms. The van der Waals surface area contributed by atoms with Gasteiger partial charge >= 0.3 is 6.03 Å². The number of aromatic nitrogens is 2. The maximum absolute atomic E-state index is 11.4. The third-order valence-electron chi connectivity index (χ3n) is 2.53. The lowest BCUT2D eigenvalue weighted by molar-refractivity contribution is -0.117. The summed E-state index contributed by atoms with van der Waals surface area (Å²) in [5.41, 5.74) is 6.00. The average Bonchev–Trinajstić information content (AvgIpc) is 2.62. The standard InChI is InChI=1S/C11H12N4O2S2/c1-5-6(2)19-10-8(5)9(13-4-14-10)18-3-7(16)15-11(12)17/h4H,3H2,1-2H3,(H3,12,15,16,17). The van der Waals surface area contributed by atoms with Gasteiger partial charge in [0.1, 0.15) is 16.2 Å². The van der Waals surface area contributed by atoms with Crippen LogP contribution in [0.2, 0.25) is 0 Å². The number of nitrogens with two attached hydrogens (primary N) is 1. The van der Waals surface area contributed by atoms with Gasteiger partial charge in [0.2, 0.25) is 5.91 Å². The van der Waals surface area contributed by atoms with Gasteiger partial charge in [-0.3, -0.25) is 10.1 Å². The lowest BCUT2D eigenvalue weighted by Crippen LogP contribution is -2.36. The molecular formula is C11H12N4O2S2. The van der Waals surface area contributed by atoms with Crippen LogP contribution in [-0.4, -0.2) is 27.7 Å². The Bertz CT molecular complexity index is 653. The molecule has 0 saturated carbocycles. The number of fused-ring (bicyclic) bond motifs is 1. The van der Waals surface area contributed by atoms with Crippen molar-refractivity contribution in [3.05, 3.63) is 16.8 Å². The largest absolute Gasteiger partial charge is 0.351 e. The topological polar surface area (TPSA) is 98.0 Å². The maximum Gasteiger partial charge on any atom is 0.318 e. The van der Waals surface area contributed by atoms with Crippen LogP contribution < -0.4 is 11.1 Å². The minimum atomic E-state index is -0.846. The number of imide groups is 1. The molecule has 3 N–H and O–H groups in total. The Balaban J connectivity index is 2.21. The van der Waals surface area contributed by atoms with Gasteiger partial charge in [-0.1, -0.05) is 11.8 Å². The summed E-state index contributed by atoms with van der Waals surface area (Å²) < 4.78 is 0. The second-order valence-electron chi connectivity index (χ2n) is 3.84. The van der Waals surface area contributed by atoms with E-state index in [2.05, 4.69) is 9.97 Å². The first-order valence-electron chi connectivity index (χ1n) is 5.42. The molecule has 0 aromatic carbocycles. The van der Waals surface area contributed by atoms with Crippen LogP contribution in [0.5, 0.6) is 0 Å². The van der Waals surface area contributed by atoms with Gasteiger partial charge in [-0.25, -0.2) is 14.8 Å². The smallest absolute Gasteiger partial charge is 0.318 e. The third-order valence-corrected chi connectivity index (χ3v) is 4.64. The first-order chi connectivity index (χ1) is 8.99. The van der Waals surface area contributed by atoms with Crippen LogP contribution in [-0.2, 0) is 4.79 Å². The molecule has 2 heterocycles. The number of aryl methyl sites for hydroxylation is 2. The van der Waals surface area contributed by atoms with Gasteiger partial charge in [0.25, 0.3) is 0 Å². The zero-order chi connectivity index (χ0) is 14.0. The number of rotatable bonds is 3. The molecule has 100 valence electrons. The summed E-state index contributed by atoms with van der Waals surface area (Å²) in [6.45, 7) is 4.03. The molecule has 19 heavy (non-hydrogen) atoms. The number of carbonyl (C=O) groups is 2. The number of primary amides is 1. The van der Waals surface area contributed by atoms with E-state index < -0.39 is 11.9 Å². The summed E-state index contributed by atoms with van der Waals surface area (Å²) in [5, 5.41) is 3.74. The second-order valence-corrected chi connectivity index (χ2v) is 6.01. The Kier molecular flexibility index (Phi) is 4.01. The van der Waals surface area contributed by atoms with Crippen LogP contribution in [0.15, 0.2) is 11.4 Å². The van der Waals surface area contributed by atoms with Crippen molar-refractivity contribution in [1.29, 1.82) is 0 Å². The fourth-order valence-electron chi connectivity index (χ4n) is 1.57. The number of nitrogens with zero attached hydrogens (tertiary/aromatic N) is 2. The Hall–Kier alpha value is -1.67. The first kappa shape index (κ1) is 13.8. The Morgan fingerprint density at radius 1 is 1.42 bits per heavy atom. The molecule has 0 atom stereocenters. The molecule has 0 fully saturated rings. The zero-order valence-electron chi connectivity index (χ0n) is 10.4. The minimum absolute atomic E-state index is 0.0867. The highest BCUT2D eigenvalue weighted by Gasteiger charge is 2.13. The molecule has 0 aliphatic heterocycles. The van der Waals surface area contributed by atoms with Gasteiger partial charge in [-0.15, -0.1) is 11.3 Å². The molecule has 6 nitrogen and oxygen atoms in total. The van der Waals surface area contributed by atoms with Crippen LogP contribution >= 0.6 is 23.1 Å². The summed E-state index contributed by atoms with van der Waals surface area (Å²) in [6, 6.07) is -0.846. The third kappa shape index (κ3) is 3.02. The summed E-state index contributed by atoms with van der Waals surface area (Å²) >= 11 is 2.86. The van der Waals surface area contributed by atoms with Gasteiger partial charge in [-0.2, -0.15) is 0 Å². The molecule has 0 aliphatic rings. The van der Waals surface area contributed by atoms with E-state index in [1.54, 1.807) is 11.3 Å². The van der Waals surface area contributed by atoms with Crippen molar-refractivity contribution < 1.29 is 9.59 Å². The molecule has 0 radical (unpaired) electrons. The first-order valence-corrected chi connectivity index (χ1v) is 7.22. The molecule has 0 unspecified atom stereocenters. The van der Waals surface area contributed by atoms with E-state index in [0.717, 1.165) is 20.8 Å². The fourth-order valence-corrected chi connectivity index (χ4v) is 3.48. The average molecular weight is 296 g/mol. The van der Waals surface area contributed by atoms with E-state index >= 15 is 0 Å². The number of thioether (sulfide) groups is 1. The maximum atomic E-state index is 11.4. The normalized spacial score (nSPS) is 10.6. The van der Waals surface area contributed by atoms with Crippen LogP contribution in [0.4, 0.5) is 4.79 Å². The van der Waals surface area contributed by atoms with E-state index in [1.165, 1.54) is 23.0 Å². The van der Waals surface area contributed by atoms with Gasteiger partial charge in [0.05, 0.1) is 5.75 Å². The van der Waals surface area contributed by atoms with Crippen LogP contribution in [0.1, 0.15) is 10.4 Å². The summed E-state index contributed by atoms with van der Waals surface area (Å²) in [6.07, 6.45) is 1.48. The van der Waals surface area contributed by atoms with Crippen LogP contribution in [0.25, 0.3) is 10.2 Å². The number of amides is 3. The molecular weight excluding hydrogens is 284 g/mol. The van der Waals surface area contributed by atoms with E-state index in [4.69, 9.17) is 5.73 Å². The molecule has 0 saturated heterocycles. The zero-order valence-corrected chi connectivity index (χ0v) is 12.0. The number of carbonyl (C=O) groups excluding carboxylic acids is 2. The lowest BCUT2D eigenvalue weighted by atomic mass is 10.2. The van der Waals surface area contributed by atoms with Crippen molar-refractivity contribution in [2.24, 2.45) is 5.73 Å². The molecule has 0 spiro atoms. The minimum Gasteiger partial charge on any atom is -0.351 e. The quantitative estimate of drug-likeness (QED) is 0.662. The van der Waals surface area contributed by atoms with Gasteiger partial charge in [0.15, 0.2) is 0 Å². The highest BCUT2D eigenvalue weighted by atomic mass is 32.2. The fraction of sp³-hybridized carbons (Fsp3) is 0.273. The molecule has 0 bridgehead atoms. The summed E-state index contributed by atoms with van der Waals surface area (Å²) in [7, 11) is 0. The van der Waals surface area contributed by atoms with Crippen molar-refractivity contribution in [3.63, 3.8) is 0 Å². The Morgan fingerprint density at radius 2 is 2.16 bits per heavy atom. The van der Waals surface area contributed by atoms with Gasteiger partial charge < -0.3 is 5.73 Å². The van der Waals surface area contributed by atoms with E-state index in [0.29, 0.717) is 0 Å². The van der Waals surface area contributed by atoms with Crippen molar-refractivity contribution in [2.75, 3.05) is 5.75 Å². The second kappa shape index (κ2) is 5.54. The Labute approximate surface area is 117 Å². The van der Waals surface area contributed by atoms with E-state index in [1.807, 2.05) is 19.2 Å². The predicted octanol–water partition coefficient (Wildman–Crippen LogP) is 1.60. The Morgan fingerprint density at radius 3 is 2.84 bits per heavy atom. The number of hydrogen-bond donors (Lipinski definition) is 2. The van der Waals surface area contributed by atoms with Gasteiger partial charge in [0, 0.05) is 10.3 Å². The van der Waals surface area contributed by atoms with Crippen molar-refractivity contribution in [1.82, 2.24) is 15.3 Å². The predicted molar refractivity (Wildman–Crippen MR) is 75.3 cm³/mol. The van der Waals surface area contributed by atoms with Crippen LogP contribution in [0, 0.1) is 13.8 Å². The molecule has 0 aliphatic carbocycles. The molecule has 2 rings (SSSR count). The number of hydrogen-bond acceptors (Lipinski definition) is 6. The summed E-state index contributed by atoms with van der Waals surface area (Å²) in [4.78, 5) is 32.4. The highest BCUT2D eigenvalue weighted by Crippen LogP contribution is 2.34. The molecule has 2 aromatic rings. The number of thiophene rings is 1. The SMILES string of the molecule is Cc1sc2ncnc(SCC(=O)NC(N)=O)c2c1C. The number of urea groups is 1. The van der Waals surface area contributed by atoms with E-state index in [9.17, 15) is 9.59 Å².